The Morgan fingerprint density at radius 1 is 1.47 bits per heavy atom. The lowest BCUT2D eigenvalue weighted by Gasteiger charge is -2.02. The molecule has 86 valence electrons. The van der Waals surface area contributed by atoms with Crippen molar-refractivity contribution in [2.24, 2.45) is 7.05 Å². The van der Waals surface area contributed by atoms with Crippen LogP contribution in [0.15, 0.2) is 31.9 Å². The van der Waals surface area contributed by atoms with E-state index in [0.29, 0.717) is 22.4 Å². The van der Waals surface area contributed by atoms with Crippen LogP contribution in [0.25, 0.3) is 22.0 Å². The number of pyridine rings is 1. The van der Waals surface area contributed by atoms with Gasteiger partial charge in [0.2, 0.25) is 0 Å². The number of hydrogen-bond donors (Lipinski definition) is 1. The lowest BCUT2D eigenvalue weighted by Crippen LogP contribution is -2.09. The summed E-state index contributed by atoms with van der Waals surface area (Å²) in [4.78, 5) is 15.8. The third-order valence-corrected chi connectivity index (χ3v) is 3.19. The van der Waals surface area contributed by atoms with Crippen LogP contribution in [0.5, 0.6) is 0 Å². The molecule has 0 saturated heterocycles. The van der Waals surface area contributed by atoms with Gasteiger partial charge in [0.15, 0.2) is 11.4 Å². The summed E-state index contributed by atoms with van der Waals surface area (Å²) in [5.41, 5.74) is 7.54. The first-order chi connectivity index (χ1) is 8.08. The number of anilines is 1. The third kappa shape index (κ3) is 1.37. The largest absolute Gasteiger partial charge is 0.419 e. The predicted molar refractivity (Wildman–Crippen MR) is 68.9 cm³/mol. The van der Waals surface area contributed by atoms with Crippen LogP contribution in [0.4, 0.5) is 5.82 Å². The Bertz CT molecular complexity index is 804. The summed E-state index contributed by atoms with van der Waals surface area (Å²) in [6.45, 7) is 0. The van der Waals surface area contributed by atoms with E-state index in [1.165, 1.54) is 4.57 Å². The van der Waals surface area contributed by atoms with Crippen LogP contribution >= 0.6 is 15.9 Å². The Morgan fingerprint density at radius 3 is 3.00 bits per heavy atom. The highest BCUT2D eigenvalue weighted by Gasteiger charge is 2.14. The number of fused-ring (bicyclic) bond motifs is 3. The molecule has 0 saturated carbocycles. The molecule has 2 aromatic heterocycles. The fourth-order valence-corrected chi connectivity index (χ4v) is 2.25. The molecule has 6 heteroatoms. The first-order valence-electron chi connectivity index (χ1n) is 4.92. The molecule has 2 N–H and O–H groups in total. The van der Waals surface area contributed by atoms with Crippen LogP contribution < -0.4 is 11.5 Å². The standard InChI is InChI=1S/C11H8BrN3O2/c1-15-8-9(17-11(15)16)6-4-5(12)2-3-7(6)14-10(8)13/h2-4H,1H3,(H2,13,14). The van der Waals surface area contributed by atoms with E-state index in [-0.39, 0.29) is 0 Å². The minimum Gasteiger partial charge on any atom is -0.407 e. The maximum Gasteiger partial charge on any atom is 0.419 e. The van der Waals surface area contributed by atoms with Gasteiger partial charge in [-0.15, -0.1) is 0 Å². The summed E-state index contributed by atoms with van der Waals surface area (Å²) in [5.74, 6) is -0.149. The summed E-state index contributed by atoms with van der Waals surface area (Å²) < 4.78 is 7.47. The van der Waals surface area contributed by atoms with E-state index < -0.39 is 5.76 Å². The number of hydrogen-bond acceptors (Lipinski definition) is 4. The van der Waals surface area contributed by atoms with E-state index in [9.17, 15) is 4.79 Å². The average molecular weight is 294 g/mol. The minimum absolute atomic E-state index is 0.295. The van der Waals surface area contributed by atoms with E-state index in [4.69, 9.17) is 10.2 Å². The fraction of sp³-hybridized carbons (Fsp3) is 0.0909. The van der Waals surface area contributed by atoms with E-state index >= 15 is 0 Å². The Kier molecular flexibility index (Phi) is 2.03. The zero-order valence-corrected chi connectivity index (χ0v) is 10.5. The van der Waals surface area contributed by atoms with Crippen LogP contribution in [-0.4, -0.2) is 9.55 Å². The first-order valence-corrected chi connectivity index (χ1v) is 5.71. The number of nitrogens with zero attached hydrogens (tertiary/aromatic N) is 2. The Hall–Kier alpha value is -1.82. The molecular formula is C11H8BrN3O2. The zero-order chi connectivity index (χ0) is 12.2. The topological polar surface area (TPSA) is 74.0 Å². The highest BCUT2D eigenvalue weighted by atomic mass is 79.9. The van der Waals surface area contributed by atoms with Crippen molar-refractivity contribution in [3.63, 3.8) is 0 Å². The van der Waals surface area contributed by atoms with Gasteiger partial charge < -0.3 is 10.2 Å². The molecule has 0 atom stereocenters. The zero-order valence-electron chi connectivity index (χ0n) is 8.90. The molecule has 0 radical (unpaired) electrons. The predicted octanol–water partition coefficient (Wildman–Crippen LogP) is 2.02. The lowest BCUT2D eigenvalue weighted by atomic mass is 10.2. The van der Waals surface area contributed by atoms with Crippen molar-refractivity contribution in [3.05, 3.63) is 33.2 Å². The number of nitrogens with two attached hydrogens (primary N) is 1. The number of benzene rings is 1. The van der Waals surface area contributed by atoms with Gasteiger partial charge in [-0.3, -0.25) is 4.57 Å². The number of aromatic nitrogens is 2. The molecule has 2 heterocycles. The molecule has 0 aliphatic carbocycles. The lowest BCUT2D eigenvalue weighted by molar-refractivity contribution is 0.530. The molecular weight excluding hydrogens is 286 g/mol. The maximum absolute atomic E-state index is 11.5. The highest BCUT2D eigenvalue weighted by molar-refractivity contribution is 9.10. The highest BCUT2D eigenvalue weighted by Crippen LogP contribution is 2.28. The van der Waals surface area contributed by atoms with Crippen LogP contribution in [0.2, 0.25) is 0 Å². The van der Waals surface area contributed by atoms with Crippen molar-refractivity contribution in [2.45, 2.75) is 0 Å². The second-order valence-electron chi connectivity index (χ2n) is 3.76. The van der Waals surface area contributed by atoms with Gasteiger partial charge in [0, 0.05) is 16.9 Å². The van der Waals surface area contributed by atoms with E-state index in [0.717, 1.165) is 9.86 Å². The van der Waals surface area contributed by atoms with E-state index in [1.54, 1.807) is 7.05 Å². The van der Waals surface area contributed by atoms with Crippen molar-refractivity contribution in [1.82, 2.24) is 9.55 Å². The van der Waals surface area contributed by atoms with Crippen LogP contribution in [-0.2, 0) is 7.05 Å². The summed E-state index contributed by atoms with van der Waals surface area (Å²) in [5, 5.41) is 0.765. The van der Waals surface area contributed by atoms with Crippen molar-refractivity contribution >= 4 is 43.8 Å². The number of aryl methyl sites for hydroxylation is 1. The molecule has 0 spiro atoms. The molecule has 3 aromatic rings. The van der Waals surface area contributed by atoms with E-state index in [2.05, 4.69) is 20.9 Å². The van der Waals surface area contributed by atoms with Crippen LogP contribution in [0.3, 0.4) is 0 Å². The summed E-state index contributed by atoms with van der Waals surface area (Å²) in [6.07, 6.45) is 0. The minimum atomic E-state index is -0.444. The summed E-state index contributed by atoms with van der Waals surface area (Å²) >= 11 is 3.38. The Morgan fingerprint density at radius 2 is 2.24 bits per heavy atom. The second-order valence-corrected chi connectivity index (χ2v) is 4.68. The molecule has 0 aliphatic heterocycles. The third-order valence-electron chi connectivity index (χ3n) is 2.70. The molecule has 0 aliphatic rings. The van der Waals surface area contributed by atoms with Gasteiger partial charge in [0.25, 0.3) is 0 Å². The van der Waals surface area contributed by atoms with Gasteiger partial charge in [0.05, 0.1) is 5.52 Å². The average Bonchev–Trinajstić information content (AvgIpc) is 2.58. The van der Waals surface area contributed by atoms with Gasteiger partial charge in [-0.25, -0.2) is 9.78 Å². The summed E-state index contributed by atoms with van der Waals surface area (Å²) in [7, 11) is 1.61. The number of oxazole rings is 1. The Labute approximate surface area is 104 Å². The smallest absolute Gasteiger partial charge is 0.407 e. The van der Waals surface area contributed by atoms with Crippen LogP contribution in [0.1, 0.15) is 0 Å². The van der Waals surface area contributed by atoms with Gasteiger partial charge in [-0.2, -0.15) is 0 Å². The summed E-state index contributed by atoms with van der Waals surface area (Å²) in [6, 6.07) is 5.54. The van der Waals surface area contributed by atoms with Crippen LogP contribution in [0, 0.1) is 0 Å². The van der Waals surface area contributed by atoms with Crippen molar-refractivity contribution in [3.8, 4) is 0 Å². The van der Waals surface area contributed by atoms with Gasteiger partial charge >= 0.3 is 5.76 Å². The molecule has 0 amide bonds. The normalized spacial score (nSPS) is 11.4. The second kappa shape index (κ2) is 3.33. The SMILES string of the molecule is Cn1c(=O)oc2c3cc(Br)ccc3nc(N)c21. The molecule has 3 rings (SSSR count). The fourth-order valence-electron chi connectivity index (χ4n) is 1.89. The number of rotatable bonds is 0. The van der Waals surface area contributed by atoms with Crippen molar-refractivity contribution < 1.29 is 4.42 Å². The Balaban J connectivity index is 2.67. The first kappa shape index (κ1) is 10.3. The molecule has 1 aromatic carbocycles. The molecule has 0 bridgehead atoms. The molecule has 5 nitrogen and oxygen atoms in total. The van der Waals surface area contributed by atoms with E-state index in [1.807, 2.05) is 18.2 Å². The number of nitrogen functional groups attached to an aromatic ring is 1. The molecule has 0 unspecified atom stereocenters. The monoisotopic (exact) mass is 293 g/mol. The quantitative estimate of drug-likeness (QED) is 0.688. The van der Waals surface area contributed by atoms with Crippen molar-refractivity contribution in [1.29, 1.82) is 0 Å². The molecule has 0 fully saturated rings. The maximum atomic E-state index is 11.5. The van der Waals surface area contributed by atoms with Gasteiger partial charge in [-0.1, -0.05) is 15.9 Å². The van der Waals surface area contributed by atoms with Crippen molar-refractivity contribution in [2.75, 3.05) is 5.73 Å². The molecule has 17 heavy (non-hydrogen) atoms. The van der Waals surface area contributed by atoms with Gasteiger partial charge in [-0.05, 0) is 18.2 Å². The number of halogens is 1. The van der Waals surface area contributed by atoms with Gasteiger partial charge in [0.1, 0.15) is 5.52 Å².